The first-order valence-corrected chi connectivity index (χ1v) is 6.04. The van der Waals surface area contributed by atoms with Gasteiger partial charge in [0.25, 0.3) is 0 Å². The molecule has 104 valence electrons. The second-order valence-corrected chi connectivity index (χ2v) is 4.22. The Kier molecular flexibility index (Phi) is 4.14. The van der Waals surface area contributed by atoms with Gasteiger partial charge in [0.15, 0.2) is 0 Å². The van der Waals surface area contributed by atoms with Crippen LogP contribution in [0, 0.1) is 5.82 Å². The SMILES string of the molecule is Nc1cc(C(=O)O)c(F)cc1NCCc1ccccn1. The fraction of sp³-hybridized carbons (Fsp3) is 0.143. The summed E-state index contributed by atoms with van der Waals surface area (Å²) in [6.07, 6.45) is 2.35. The average molecular weight is 275 g/mol. The van der Waals surface area contributed by atoms with Crippen LogP contribution in [-0.4, -0.2) is 22.6 Å². The molecule has 2 rings (SSSR count). The van der Waals surface area contributed by atoms with Crippen LogP contribution in [0.2, 0.25) is 0 Å². The maximum atomic E-state index is 13.5. The summed E-state index contributed by atoms with van der Waals surface area (Å²) < 4.78 is 13.5. The normalized spacial score (nSPS) is 10.2. The van der Waals surface area contributed by atoms with Gasteiger partial charge in [0.1, 0.15) is 5.82 Å². The predicted octanol–water partition coefficient (Wildman–Crippen LogP) is 2.16. The quantitative estimate of drug-likeness (QED) is 0.728. The van der Waals surface area contributed by atoms with Crippen LogP contribution in [0.4, 0.5) is 15.8 Å². The van der Waals surface area contributed by atoms with Crippen molar-refractivity contribution >= 4 is 17.3 Å². The standard InChI is InChI=1S/C14H14FN3O2/c15-11-8-13(12(16)7-10(11)14(19)20)18-6-4-9-3-1-2-5-17-9/h1-3,5,7-8,18H,4,6,16H2,(H,19,20). The largest absolute Gasteiger partial charge is 0.478 e. The number of anilines is 2. The monoisotopic (exact) mass is 275 g/mol. The van der Waals surface area contributed by atoms with Crippen LogP contribution < -0.4 is 11.1 Å². The van der Waals surface area contributed by atoms with E-state index < -0.39 is 17.3 Å². The van der Waals surface area contributed by atoms with E-state index >= 15 is 0 Å². The third-order valence-corrected chi connectivity index (χ3v) is 2.79. The van der Waals surface area contributed by atoms with Crippen molar-refractivity contribution in [3.05, 3.63) is 53.6 Å². The molecule has 1 aromatic heterocycles. The van der Waals surface area contributed by atoms with Gasteiger partial charge in [-0.15, -0.1) is 0 Å². The molecule has 0 saturated carbocycles. The van der Waals surface area contributed by atoms with Gasteiger partial charge in [0.2, 0.25) is 0 Å². The Hall–Kier alpha value is -2.63. The molecule has 0 fully saturated rings. The molecule has 0 spiro atoms. The number of nitrogens with two attached hydrogens (primary N) is 1. The Bertz CT molecular complexity index is 617. The number of carboxylic acids is 1. The lowest BCUT2D eigenvalue weighted by Gasteiger charge is -2.10. The molecule has 0 saturated heterocycles. The molecular formula is C14H14FN3O2. The predicted molar refractivity (Wildman–Crippen MR) is 74.2 cm³/mol. The number of hydrogen-bond donors (Lipinski definition) is 3. The number of aromatic nitrogens is 1. The maximum absolute atomic E-state index is 13.5. The molecule has 2 aromatic rings. The molecule has 0 bridgehead atoms. The second kappa shape index (κ2) is 6.01. The molecule has 0 aliphatic heterocycles. The van der Waals surface area contributed by atoms with E-state index in [4.69, 9.17) is 10.8 Å². The van der Waals surface area contributed by atoms with Gasteiger partial charge >= 0.3 is 5.97 Å². The number of nitrogens with one attached hydrogen (secondary N) is 1. The summed E-state index contributed by atoms with van der Waals surface area (Å²) in [5.41, 5.74) is 6.75. The lowest BCUT2D eigenvalue weighted by atomic mass is 10.1. The second-order valence-electron chi connectivity index (χ2n) is 4.22. The zero-order valence-electron chi connectivity index (χ0n) is 10.6. The molecule has 5 nitrogen and oxygen atoms in total. The summed E-state index contributed by atoms with van der Waals surface area (Å²) in [6.45, 7) is 0.521. The Balaban J connectivity index is 2.03. The fourth-order valence-electron chi connectivity index (χ4n) is 1.78. The molecule has 0 atom stereocenters. The molecule has 4 N–H and O–H groups in total. The number of carbonyl (C=O) groups is 1. The topological polar surface area (TPSA) is 88.2 Å². The zero-order chi connectivity index (χ0) is 14.5. The minimum atomic E-state index is -1.34. The number of pyridine rings is 1. The van der Waals surface area contributed by atoms with Crippen LogP contribution in [0.5, 0.6) is 0 Å². The number of nitrogens with zero attached hydrogens (tertiary/aromatic N) is 1. The summed E-state index contributed by atoms with van der Waals surface area (Å²) in [7, 11) is 0. The first-order valence-electron chi connectivity index (χ1n) is 6.04. The Morgan fingerprint density at radius 2 is 2.20 bits per heavy atom. The van der Waals surface area contributed by atoms with E-state index in [9.17, 15) is 9.18 Å². The molecule has 1 aromatic carbocycles. The van der Waals surface area contributed by atoms with E-state index in [0.717, 1.165) is 17.8 Å². The lowest BCUT2D eigenvalue weighted by molar-refractivity contribution is 0.0692. The zero-order valence-corrected chi connectivity index (χ0v) is 10.6. The number of aromatic carboxylic acids is 1. The van der Waals surface area contributed by atoms with Crippen molar-refractivity contribution in [2.45, 2.75) is 6.42 Å². The van der Waals surface area contributed by atoms with Crippen LogP contribution in [0.25, 0.3) is 0 Å². The number of halogens is 1. The van der Waals surface area contributed by atoms with E-state index in [1.165, 1.54) is 0 Å². The van der Waals surface area contributed by atoms with Crippen molar-refractivity contribution in [3.63, 3.8) is 0 Å². The summed E-state index contributed by atoms with van der Waals surface area (Å²) >= 11 is 0. The number of nitrogen functional groups attached to an aromatic ring is 1. The summed E-state index contributed by atoms with van der Waals surface area (Å²) in [4.78, 5) is 14.9. The highest BCUT2D eigenvalue weighted by molar-refractivity contribution is 5.90. The van der Waals surface area contributed by atoms with Crippen LogP contribution in [-0.2, 0) is 6.42 Å². The third-order valence-electron chi connectivity index (χ3n) is 2.79. The Labute approximate surface area is 115 Å². The van der Waals surface area contributed by atoms with Crippen molar-refractivity contribution in [2.24, 2.45) is 0 Å². The molecule has 1 heterocycles. The van der Waals surface area contributed by atoms with Crippen molar-refractivity contribution in [3.8, 4) is 0 Å². The van der Waals surface area contributed by atoms with Gasteiger partial charge in [-0.25, -0.2) is 9.18 Å². The number of rotatable bonds is 5. The Morgan fingerprint density at radius 3 is 2.85 bits per heavy atom. The van der Waals surface area contributed by atoms with E-state index in [0.29, 0.717) is 18.7 Å². The van der Waals surface area contributed by atoms with Gasteiger partial charge in [0.05, 0.1) is 16.9 Å². The molecular weight excluding hydrogens is 261 g/mol. The summed E-state index contributed by atoms with van der Waals surface area (Å²) in [5.74, 6) is -2.15. The van der Waals surface area contributed by atoms with E-state index in [-0.39, 0.29) is 5.69 Å². The van der Waals surface area contributed by atoms with Crippen LogP contribution in [0.15, 0.2) is 36.5 Å². The first-order chi connectivity index (χ1) is 9.58. The van der Waals surface area contributed by atoms with Crippen LogP contribution >= 0.6 is 0 Å². The molecule has 0 amide bonds. The van der Waals surface area contributed by atoms with Crippen molar-refractivity contribution in [1.82, 2.24) is 4.98 Å². The molecule has 0 aliphatic carbocycles. The third kappa shape index (κ3) is 3.23. The summed E-state index contributed by atoms with van der Waals surface area (Å²) in [5, 5.41) is 11.8. The molecule has 0 aliphatic rings. The number of carboxylic acid groups (broad SMARTS) is 1. The van der Waals surface area contributed by atoms with Crippen LogP contribution in [0.3, 0.4) is 0 Å². The highest BCUT2D eigenvalue weighted by Gasteiger charge is 2.13. The van der Waals surface area contributed by atoms with Crippen LogP contribution in [0.1, 0.15) is 16.1 Å². The minimum Gasteiger partial charge on any atom is -0.478 e. The number of benzene rings is 1. The van der Waals surface area contributed by atoms with E-state index in [1.54, 1.807) is 6.20 Å². The fourth-order valence-corrected chi connectivity index (χ4v) is 1.78. The number of hydrogen-bond acceptors (Lipinski definition) is 4. The van der Waals surface area contributed by atoms with Crippen molar-refractivity contribution in [2.75, 3.05) is 17.6 Å². The van der Waals surface area contributed by atoms with Gasteiger partial charge in [0, 0.05) is 24.9 Å². The Morgan fingerprint density at radius 1 is 1.40 bits per heavy atom. The highest BCUT2D eigenvalue weighted by atomic mass is 19.1. The van der Waals surface area contributed by atoms with Gasteiger partial charge in [-0.3, -0.25) is 4.98 Å². The molecule has 0 unspecified atom stereocenters. The van der Waals surface area contributed by atoms with Gasteiger partial charge in [-0.1, -0.05) is 6.07 Å². The van der Waals surface area contributed by atoms with Crippen molar-refractivity contribution < 1.29 is 14.3 Å². The lowest BCUT2D eigenvalue weighted by Crippen LogP contribution is -2.10. The molecule has 20 heavy (non-hydrogen) atoms. The van der Waals surface area contributed by atoms with Gasteiger partial charge < -0.3 is 16.2 Å². The van der Waals surface area contributed by atoms with E-state index in [1.807, 2.05) is 18.2 Å². The van der Waals surface area contributed by atoms with E-state index in [2.05, 4.69) is 10.3 Å². The molecule has 0 radical (unpaired) electrons. The molecule has 6 heteroatoms. The summed E-state index contributed by atoms with van der Waals surface area (Å²) in [6, 6.07) is 7.81. The highest BCUT2D eigenvalue weighted by Crippen LogP contribution is 2.23. The van der Waals surface area contributed by atoms with Gasteiger partial charge in [-0.05, 0) is 24.3 Å². The first kappa shape index (κ1) is 13.8. The maximum Gasteiger partial charge on any atom is 0.338 e. The van der Waals surface area contributed by atoms with Gasteiger partial charge in [-0.2, -0.15) is 0 Å². The minimum absolute atomic E-state index is 0.199. The average Bonchev–Trinajstić information content (AvgIpc) is 2.43. The van der Waals surface area contributed by atoms with Crippen molar-refractivity contribution in [1.29, 1.82) is 0 Å². The smallest absolute Gasteiger partial charge is 0.338 e.